The van der Waals surface area contributed by atoms with Crippen molar-refractivity contribution in [1.82, 2.24) is 0 Å². The number of hydrogen-bond donors (Lipinski definition) is 1. The predicted molar refractivity (Wildman–Crippen MR) is 51.9 cm³/mol. The third kappa shape index (κ3) is 3.46. The molecule has 0 unspecified atom stereocenters. The first-order valence-electron chi connectivity index (χ1n) is 4.25. The average Bonchev–Trinajstić information content (AvgIpc) is 2.25. The van der Waals surface area contributed by atoms with E-state index in [1.165, 1.54) is 0 Å². The molecule has 0 atom stereocenters. The number of halogens is 1. The molecule has 0 saturated carbocycles. The third-order valence-corrected chi connectivity index (χ3v) is 1.51. The number of benzene rings is 1. The van der Waals surface area contributed by atoms with Gasteiger partial charge in [-0.3, -0.25) is 0 Å². The highest BCUT2D eigenvalue weighted by molar-refractivity contribution is 5.38. The Labute approximate surface area is 82.3 Å². The van der Waals surface area contributed by atoms with E-state index in [2.05, 4.69) is 11.8 Å². The van der Waals surface area contributed by atoms with E-state index in [4.69, 9.17) is 9.84 Å². The molecular formula is C11H11FO2. The van der Waals surface area contributed by atoms with Gasteiger partial charge in [0.1, 0.15) is 25.6 Å². The molecule has 1 aromatic carbocycles. The molecule has 0 saturated heterocycles. The maximum absolute atomic E-state index is 11.7. The lowest BCUT2D eigenvalue weighted by Gasteiger charge is -2.02. The molecule has 0 aliphatic carbocycles. The number of ether oxygens (including phenoxy) is 1. The van der Waals surface area contributed by atoms with Crippen molar-refractivity contribution in [3.05, 3.63) is 29.8 Å². The monoisotopic (exact) mass is 194 g/mol. The van der Waals surface area contributed by atoms with Crippen LogP contribution in [0.5, 0.6) is 5.75 Å². The van der Waals surface area contributed by atoms with Crippen LogP contribution in [0.4, 0.5) is 4.39 Å². The number of hydrogen-bond acceptors (Lipinski definition) is 2. The molecule has 2 nitrogen and oxygen atoms in total. The van der Waals surface area contributed by atoms with Crippen LogP contribution in [0.3, 0.4) is 0 Å². The quantitative estimate of drug-likeness (QED) is 0.736. The van der Waals surface area contributed by atoms with Crippen molar-refractivity contribution < 1.29 is 14.2 Å². The van der Waals surface area contributed by atoms with Gasteiger partial charge in [0, 0.05) is 5.56 Å². The Bertz CT molecular complexity index is 321. The molecule has 1 N–H and O–H groups in total. The second-order valence-electron chi connectivity index (χ2n) is 2.52. The second kappa shape index (κ2) is 6.01. The smallest absolute Gasteiger partial charge is 0.123 e. The van der Waals surface area contributed by atoms with Crippen molar-refractivity contribution in [3.8, 4) is 17.6 Å². The summed E-state index contributed by atoms with van der Waals surface area (Å²) in [6.45, 7) is -0.576. The lowest BCUT2D eigenvalue weighted by molar-refractivity contribution is 0.273. The van der Waals surface area contributed by atoms with Crippen LogP contribution in [0.1, 0.15) is 5.56 Å². The van der Waals surface area contributed by atoms with Gasteiger partial charge < -0.3 is 9.84 Å². The normalized spacial score (nSPS) is 9.00. The van der Waals surface area contributed by atoms with Crippen LogP contribution in [0, 0.1) is 11.8 Å². The third-order valence-electron chi connectivity index (χ3n) is 1.51. The van der Waals surface area contributed by atoms with E-state index >= 15 is 0 Å². The van der Waals surface area contributed by atoms with Crippen LogP contribution < -0.4 is 4.74 Å². The fraction of sp³-hybridized carbons (Fsp3) is 0.273. The molecule has 74 valence electrons. The van der Waals surface area contributed by atoms with Gasteiger partial charge in [0.15, 0.2) is 0 Å². The summed E-state index contributed by atoms with van der Waals surface area (Å²) in [7, 11) is 0. The summed E-state index contributed by atoms with van der Waals surface area (Å²) >= 11 is 0. The van der Waals surface area contributed by atoms with Crippen molar-refractivity contribution >= 4 is 0 Å². The largest absolute Gasteiger partial charge is 0.491 e. The Morgan fingerprint density at radius 2 is 2.00 bits per heavy atom. The number of aliphatic hydroxyl groups excluding tert-OH is 1. The van der Waals surface area contributed by atoms with Crippen molar-refractivity contribution in [3.63, 3.8) is 0 Å². The first kappa shape index (κ1) is 10.6. The van der Waals surface area contributed by atoms with Crippen LogP contribution in [0.25, 0.3) is 0 Å². The van der Waals surface area contributed by atoms with E-state index in [1.807, 2.05) is 0 Å². The Hall–Kier alpha value is -1.53. The standard InChI is InChI=1S/C11H11FO2/c12-7-9-14-11-5-3-10(4-6-11)2-1-8-13/h3-6,13H,7-9H2. The van der Waals surface area contributed by atoms with Gasteiger partial charge in [0.25, 0.3) is 0 Å². The van der Waals surface area contributed by atoms with E-state index < -0.39 is 6.67 Å². The Balaban J connectivity index is 2.59. The van der Waals surface area contributed by atoms with E-state index in [-0.39, 0.29) is 13.2 Å². The molecule has 0 heterocycles. The number of aliphatic hydroxyl groups is 1. The van der Waals surface area contributed by atoms with Gasteiger partial charge >= 0.3 is 0 Å². The molecular weight excluding hydrogens is 183 g/mol. The molecule has 1 rings (SSSR count). The van der Waals surface area contributed by atoms with Crippen molar-refractivity contribution in [2.75, 3.05) is 19.9 Å². The molecule has 1 aromatic rings. The zero-order chi connectivity index (χ0) is 10.2. The first-order valence-corrected chi connectivity index (χ1v) is 4.25. The van der Waals surface area contributed by atoms with Gasteiger partial charge in [-0.25, -0.2) is 4.39 Å². The lowest BCUT2D eigenvalue weighted by Crippen LogP contribution is -1.98. The molecule has 0 bridgehead atoms. The van der Waals surface area contributed by atoms with Crippen LogP contribution in [-0.2, 0) is 0 Å². The minimum absolute atomic E-state index is 0.0711. The SMILES string of the molecule is OCC#Cc1ccc(OCCF)cc1. The van der Waals surface area contributed by atoms with Crippen LogP contribution in [-0.4, -0.2) is 25.0 Å². The Kier molecular flexibility index (Phi) is 4.53. The zero-order valence-electron chi connectivity index (χ0n) is 7.66. The van der Waals surface area contributed by atoms with Crippen LogP contribution >= 0.6 is 0 Å². The summed E-state index contributed by atoms with van der Waals surface area (Å²) in [5.74, 6) is 5.90. The Morgan fingerprint density at radius 3 is 2.57 bits per heavy atom. The maximum atomic E-state index is 11.7. The van der Waals surface area contributed by atoms with Gasteiger partial charge in [0.2, 0.25) is 0 Å². The van der Waals surface area contributed by atoms with Gasteiger partial charge in [-0.2, -0.15) is 0 Å². The lowest BCUT2D eigenvalue weighted by atomic mass is 10.2. The van der Waals surface area contributed by atoms with Gasteiger partial charge in [0.05, 0.1) is 0 Å². The molecule has 14 heavy (non-hydrogen) atoms. The summed E-state index contributed by atoms with van der Waals surface area (Å²) in [4.78, 5) is 0. The van der Waals surface area contributed by atoms with Crippen molar-refractivity contribution in [2.24, 2.45) is 0 Å². The first-order chi connectivity index (χ1) is 6.86. The molecule has 0 amide bonds. The molecule has 3 heteroatoms. The van der Waals surface area contributed by atoms with E-state index in [1.54, 1.807) is 24.3 Å². The van der Waals surface area contributed by atoms with Gasteiger partial charge in [-0.05, 0) is 24.3 Å². The summed E-state index contributed by atoms with van der Waals surface area (Å²) in [5, 5.41) is 8.46. The molecule has 0 aromatic heterocycles. The number of rotatable bonds is 3. The minimum Gasteiger partial charge on any atom is -0.491 e. The highest BCUT2D eigenvalue weighted by Gasteiger charge is 1.92. The summed E-state index contributed by atoms with van der Waals surface area (Å²) < 4.78 is 16.8. The molecule has 0 aliphatic rings. The van der Waals surface area contributed by atoms with E-state index in [9.17, 15) is 4.39 Å². The molecule has 0 aliphatic heterocycles. The fourth-order valence-electron chi connectivity index (χ4n) is 0.933. The van der Waals surface area contributed by atoms with Crippen molar-refractivity contribution in [2.45, 2.75) is 0 Å². The molecule has 0 fully saturated rings. The van der Waals surface area contributed by atoms with Crippen LogP contribution in [0.15, 0.2) is 24.3 Å². The van der Waals surface area contributed by atoms with E-state index in [0.29, 0.717) is 5.75 Å². The summed E-state index contributed by atoms with van der Waals surface area (Å²) in [6.07, 6.45) is 0. The summed E-state index contributed by atoms with van der Waals surface area (Å²) in [5.41, 5.74) is 0.798. The summed E-state index contributed by atoms with van der Waals surface area (Å²) in [6, 6.07) is 6.96. The van der Waals surface area contributed by atoms with E-state index in [0.717, 1.165) is 5.56 Å². The molecule has 0 radical (unpaired) electrons. The second-order valence-corrected chi connectivity index (χ2v) is 2.52. The highest BCUT2D eigenvalue weighted by Crippen LogP contribution is 2.11. The topological polar surface area (TPSA) is 29.5 Å². The number of alkyl halides is 1. The molecule has 0 spiro atoms. The highest BCUT2D eigenvalue weighted by atomic mass is 19.1. The fourth-order valence-corrected chi connectivity index (χ4v) is 0.933. The maximum Gasteiger partial charge on any atom is 0.123 e. The van der Waals surface area contributed by atoms with Gasteiger partial charge in [-0.15, -0.1) is 0 Å². The predicted octanol–water partition coefficient (Wildman–Crippen LogP) is 1.38. The van der Waals surface area contributed by atoms with Gasteiger partial charge in [-0.1, -0.05) is 11.8 Å². The van der Waals surface area contributed by atoms with Crippen molar-refractivity contribution in [1.29, 1.82) is 0 Å². The van der Waals surface area contributed by atoms with Crippen LogP contribution in [0.2, 0.25) is 0 Å². The zero-order valence-corrected chi connectivity index (χ0v) is 7.66. The average molecular weight is 194 g/mol. The Morgan fingerprint density at radius 1 is 1.29 bits per heavy atom. The minimum atomic E-state index is -0.494.